The largest absolute Gasteiger partial charge is 0.256 e. The average Bonchev–Trinajstić information content (AvgIpc) is 3.08. The van der Waals surface area contributed by atoms with Gasteiger partial charge in [-0.3, -0.25) is 4.98 Å². The number of sulfonamides is 1. The molecule has 1 aromatic heterocycles. The van der Waals surface area contributed by atoms with Gasteiger partial charge in [-0.05, 0) is 66.4 Å². The Bertz CT molecular complexity index is 1000. The van der Waals surface area contributed by atoms with Crippen molar-refractivity contribution >= 4 is 16.1 Å². The topological polar surface area (TPSA) is 59.1 Å². The van der Waals surface area contributed by atoms with Gasteiger partial charge in [-0.25, -0.2) is 17.5 Å². The van der Waals surface area contributed by atoms with Crippen LogP contribution in [0.4, 0.5) is 4.39 Å². The van der Waals surface area contributed by atoms with Crippen LogP contribution in [0.5, 0.6) is 0 Å². The van der Waals surface area contributed by atoms with Crippen molar-refractivity contribution in [1.82, 2.24) is 9.71 Å². The van der Waals surface area contributed by atoms with Crippen molar-refractivity contribution < 1.29 is 12.8 Å². The first-order valence-electron chi connectivity index (χ1n) is 10.7. The normalized spacial score (nSPS) is 26.7. The lowest BCUT2D eigenvalue weighted by molar-refractivity contribution is 0.247. The van der Waals surface area contributed by atoms with Crippen LogP contribution in [0.1, 0.15) is 37.8 Å². The number of nitrogens with zero attached hydrogens (tertiary/aromatic N) is 1. The van der Waals surface area contributed by atoms with E-state index in [1.165, 1.54) is 44.1 Å². The van der Waals surface area contributed by atoms with Gasteiger partial charge in [-0.15, -0.1) is 0 Å². The van der Waals surface area contributed by atoms with Gasteiger partial charge >= 0.3 is 0 Å². The number of hydrogen-bond donors (Lipinski definition) is 1. The van der Waals surface area contributed by atoms with Crippen molar-refractivity contribution in [2.75, 3.05) is 12.8 Å². The molecule has 4 nitrogen and oxygen atoms in total. The van der Waals surface area contributed by atoms with Gasteiger partial charge < -0.3 is 0 Å². The van der Waals surface area contributed by atoms with Gasteiger partial charge in [0.05, 0.1) is 11.9 Å². The van der Waals surface area contributed by atoms with Crippen LogP contribution in [0.3, 0.4) is 0 Å². The van der Waals surface area contributed by atoms with E-state index in [1.807, 2.05) is 18.2 Å². The maximum absolute atomic E-state index is 13.5. The van der Waals surface area contributed by atoms with E-state index < -0.39 is 10.0 Å². The van der Waals surface area contributed by atoms with Gasteiger partial charge in [0, 0.05) is 18.3 Å². The van der Waals surface area contributed by atoms with Crippen molar-refractivity contribution in [3.05, 3.63) is 60.2 Å². The number of pyridine rings is 1. The van der Waals surface area contributed by atoms with Gasteiger partial charge in [-0.2, -0.15) is 0 Å². The summed E-state index contributed by atoms with van der Waals surface area (Å²) in [6.45, 7) is 0.507. The Morgan fingerprint density at radius 3 is 2.73 bits per heavy atom. The SMILES string of the molecule is CS(=O)(=O)NC[C@H]1C[C@H]2CCCC[C@H]2[C@@H]1/C=C/c1ccc(-c2cccc(F)c2)cn1. The third kappa shape index (κ3) is 5.16. The predicted molar refractivity (Wildman–Crippen MR) is 119 cm³/mol. The summed E-state index contributed by atoms with van der Waals surface area (Å²) in [5.41, 5.74) is 2.56. The molecule has 1 N–H and O–H groups in total. The van der Waals surface area contributed by atoms with Crippen molar-refractivity contribution in [3.63, 3.8) is 0 Å². The molecule has 4 rings (SSSR count). The lowest BCUT2D eigenvalue weighted by Crippen LogP contribution is -2.30. The monoisotopic (exact) mass is 428 g/mol. The number of allylic oxidation sites excluding steroid dienone is 1. The minimum atomic E-state index is -3.18. The Labute approximate surface area is 178 Å². The summed E-state index contributed by atoms with van der Waals surface area (Å²) >= 11 is 0. The van der Waals surface area contributed by atoms with Crippen LogP contribution in [0, 0.1) is 29.5 Å². The molecule has 4 atom stereocenters. The van der Waals surface area contributed by atoms with E-state index in [1.54, 1.807) is 12.3 Å². The Balaban J connectivity index is 1.49. The molecule has 2 fully saturated rings. The molecule has 1 aromatic carbocycles. The number of hydrogen-bond acceptors (Lipinski definition) is 3. The number of rotatable bonds is 6. The second-order valence-corrected chi connectivity index (χ2v) is 10.6. The molecule has 0 spiro atoms. The lowest BCUT2D eigenvalue weighted by atomic mass is 9.77. The maximum atomic E-state index is 13.5. The Morgan fingerprint density at radius 1 is 1.17 bits per heavy atom. The van der Waals surface area contributed by atoms with E-state index in [9.17, 15) is 12.8 Å². The summed E-state index contributed by atoms with van der Waals surface area (Å²) in [7, 11) is -3.18. The fourth-order valence-corrected chi connectivity index (χ4v) is 5.78. The number of fused-ring (bicyclic) bond motifs is 1. The second-order valence-electron chi connectivity index (χ2n) is 8.74. The van der Waals surface area contributed by atoms with Gasteiger partial charge in [0.2, 0.25) is 10.0 Å². The first-order valence-corrected chi connectivity index (χ1v) is 12.6. The zero-order valence-corrected chi connectivity index (χ0v) is 18.1. The van der Waals surface area contributed by atoms with E-state index in [2.05, 4.69) is 21.9 Å². The van der Waals surface area contributed by atoms with Crippen molar-refractivity contribution in [3.8, 4) is 11.1 Å². The number of nitrogens with one attached hydrogen (secondary N) is 1. The molecular formula is C24H29FN2O2S. The highest BCUT2D eigenvalue weighted by Gasteiger charge is 2.42. The van der Waals surface area contributed by atoms with E-state index in [0.29, 0.717) is 30.2 Å². The van der Waals surface area contributed by atoms with Crippen LogP contribution < -0.4 is 4.72 Å². The molecule has 0 unspecified atom stereocenters. The van der Waals surface area contributed by atoms with Crippen LogP contribution in [0.25, 0.3) is 17.2 Å². The highest BCUT2D eigenvalue weighted by molar-refractivity contribution is 7.88. The number of aromatic nitrogens is 1. The van der Waals surface area contributed by atoms with Crippen LogP contribution in [0.2, 0.25) is 0 Å². The molecule has 0 amide bonds. The minimum Gasteiger partial charge on any atom is -0.256 e. The van der Waals surface area contributed by atoms with Crippen molar-refractivity contribution in [2.45, 2.75) is 32.1 Å². The molecule has 0 radical (unpaired) electrons. The third-order valence-electron chi connectivity index (χ3n) is 6.65. The zero-order valence-electron chi connectivity index (χ0n) is 17.3. The third-order valence-corrected chi connectivity index (χ3v) is 7.34. The molecular weight excluding hydrogens is 399 g/mol. The van der Waals surface area contributed by atoms with E-state index >= 15 is 0 Å². The van der Waals surface area contributed by atoms with Crippen LogP contribution in [-0.4, -0.2) is 26.2 Å². The summed E-state index contributed by atoms with van der Waals surface area (Å²) in [5, 5.41) is 0. The fourth-order valence-electron chi connectivity index (χ4n) is 5.26. The van der Waals surface area contributed by atoms with Gasteiger partial charge in [0.1, 0.15) is 5.82 Å². The Kier molecular flexibility index (Phi) is 6.34. The molecule has 2 saturated carbocycles. The summed E-state index contributed by atoms with van der Waals surface area (Å²) < 4.78 is 39.4. The molecule has 0 aliphatic heterocycles. The lowest BCUT2D eigenvalue weighted by Gasteiger charge is -2.28. The maximum Gasteiger partial charge on any atom is 0.208 e. The van der Waals surface area contributed by atoms with E-state index in [0.717, 1.165) is 23.2 Å². The summed E-state index contributed by atoms with van der Waals surface area (Å²) in [6.07, 6.45) is 13.4. The Hall–Kier alpha value is -2.05. The van der Waals surface area contributed by atoms with Crippen molar-refractivity contribution in [1.29, 1.82) is 0 Å². The van der Waals surface area contributed by atoms with E-state index in [-0.39, 0.29) is 5.82 Å². The van der Waals surface area contributed by atoms with Gasteiger partial charge in [0.25, 0.3) is 0 Å². The standard InChI is InChI=1S/C24H29FN2O2S/c1-30(28,29)27-16-20-13-18-5-2-3-8-23(18)24(20)12-11-22-10-9-19(15-26-22)17-6-4-7-21(25)14-17/h4,6-7,9-12,14-15,18,20,23-24,27H,2-3,5,8,13,16H2,1H3/b12-11+/t18-,20-,23-,24-/m1/s1. The molecule has 0 saturated heterocycles. The molecule has 30 heavy (non-hydrogen) atoms. The summed E-state index contributed by atoms with van der Waals surface area (Å²) in [6, 6.07) is 10.4. The van der Waals surface area contributed by atoms with Crippen LogP contribution in [0.15, 0.2) is 48.7 Å². The molecule has 2 aliphatic carbocycles. The van der Waals surface area contributed by atoms with Crippen LogP contribution in [-0.2, 0) is 10.0 Å². The minimum absolute atomic E-state index is 0.256. The smallest absolute Gasteiger partial charge is 0.208 e. The molecule has 1 heterocycles. The summed E-state index contributed by atoms with van der Waals surface area (Å²) in [4.78, 5) is 4.54. The van der Waals surface area contributed by atoms with Gasteiger partial charge in [0.15, 0.2) is 0 Å². The molecule has 2 aliphatic rings. The quantitative estimate of drug-likeness (QED) is 0.712. The van der Waals surface area contributed by atoms with Crippen LogP contribution >= 0.6 is 0 Å². The number of halogens is 1. The zero-order chi connectivity index (χ0) is 21.1. The second kappa shape index (κ2) is 8.98. The molecule has 2 aromatic rings. The predicted octanol–water partition coefficient (Wildman–Crippen LogP) is 4.89. The molecule has 160 valence electrons. The Morgan fingerprint density at radius 2 is 2.00 bits per heavy atom. The fraction of sp³-hybridized carbons (Fsp3) is 0.458. The first-order chi connectivity index (χ1) is 14.4. The highest BCUT2D eigenvalue weighted by Crippen LogP contribution is 2.49. The average molecular weight is 429 g/mol. The first kappa shape index (κ1) is 21.2. The molecule has 6 heteroatoms. The van der Waals surface area contributed by atoms with Crippen molar-refractivity contribution in [2.24, 2.45) is 23.7 Å². The highest BCUT2D eigenvalue weighted by atomic mass is 32.2. The van der Waals surface area contributed by atoms with Gasteiger partial charge in [-0.1, -0.05) is 43.5 Å². The van der Waals surface area contributed by atoms with E-state index in [4.69, 9.17) is 0 Å². The number of benzene rings is 1. The molecule has 0 bridgehead atoms. The summed E-state index contributed by atoms with van der Waals surface area (Å²) in [5.74, 6) is 1.77.